The van der Waals surface area contributed by atoms with Crippen molar-refractivity contribution in [2.75, 3.05) is 0 Å². The first-order chi connectivity index (χ1) is 7.24. The minimum absolute atomic E-state index is 0.224. The fraction of sp³-hybridized carbons (Fsp3) is 0.500. The minimum atomic E-state index is -3.65. The molecule has 0 amide bonds. The van der Waals surface area contributed by atoms with Gasteiger partial charge in [-0.05, 0) is 44.9 Å². The lowest BCUT2D eigenvalue weighted by Gasteiger charge is -2.18. The summed E-state index contributed by atoms with van der Waals surface area (Å²) >= 11 is 0. The number of benzene rings is 1. The van der Waals surface area contributed by atoms with Crippen LogP contribution in [0.4, 0.5) is 0 Å². The second kappa shape index (κ2) is 4.55. The van der Waals surface area contributed by atoms with Gasteiger partial charge < -0.3 is 0 Å². The Morgan fingerprint density at radius 1 is 1.25 bits per heavy atom. The third-order valence-corrected chi connectivity index (χ3v) is 3.51. The molecule has 0 aliphatic heterocycles. The van der Waals surface area contributed by atoms with Crippen LogP contribution >= 0.6 is 0 Å². The zero-order valence-corrected chi connectivity index (χ0v) is 11.0. The summed E-state index contributed by atoms with van der Waals surface area (Å²) in [5.41, 5.74) is 0.278. The van der Waals surface area contributed by atoms with Crippen LogP contribution in [0.5, 0.6) is 0 Å². The summed E-state index contributed by atoms with van der Waals surface area (Å²) in [4.78, 5) is 0.224. The summed E-state index contributed by atoms with van der Waals surface area (Å²) in [6, 6.07) is 6.84. The van der Waals surface area contributed by atoms with Crippen molar-refractivity contribution < 1.29 is 12.6 Å². The van der Waals surface area contributed by atoms with Crippen LogP contribution in [0, 0.1) is 0 Å². The van der Waals surface area contributed by atoms with Crippen LogP contribution in [0.3, 0.4) is 0 Å². The molecule has 1 aromatic rings. The maximum Gasteiger partial charge on any atom is 0.297 e. The molecule has 0 aliphatic rings. The van der Waals surface area contributed by atoms with E-state index in [0.29, 0.717) is 0 Å². The molecular weight excluding hydrogens is 224 g/mol. The SMILES string of the molecule is CCc1cccc(S(=O)(=O)OC(C)(C)C)c1. The highest BCUT2D eigenvalue weighted by molar-refractivity contribution is 7.86. The summed E-state index contributed by atoms with van der Waals surface area (Å²) in [6.45, 7) is 7.13. The van der Waals surface area contributed by atoms with Crippen molar-refractivity contribution >= 4 is 10.1 Å². The predicted molar refractivity (Wildman–Crippen MR) is 63.8 cm³/mol. The van der Waals surface area contributed by atoms with E-state index in [4.69, 9.17) is 4.18 Å². The van der Waals surface area contributed by atoms with Crippen molar-refractivity contribution in [3.8, 4) is 0 Å². The topological polar surface area (TPSA) is 43.4 Å². The third-order valence-electron chi connectivity index (χ3n) is 1.96. The molecule has 0 unspecified atom stereocenters. The maximum absolute atomic E-state index is 11.9. The van der Waals surface area contributed by atoms with Crippen LogP contribution in [-0.2, 0) is 20.7 Å². The van der Waals surface area contributed by atoms with E-state index in [0.717, 1.165) is 12.0 Å². The summed E-state index contributed by atoms with van der Waals surface area (Å²) in [7, 11) is -3.65. The molecule has 0 aromatic heterocycles. The molecule has 0 spiro atoms. The molecule has 0 saturated heterocycles. The molecule has 0 heterocycles. The summed E-state index contributed by atoms with van der Waals surface area (Å²) in [5, 5.41) is 0. The van der Waals surface area contributed by atoms with Crippen molar-refractivity contribution in [2.24, 2.45) is 0 Å². The Morgan fingerprint density at radius 2 is 1.88 bits per heavy atom. The van der Waals surface area contributed by atoms with E-state index in [1.165, 1.54) is 0 Å². The van der Waals surface area contributed by atoms with Crippen LogP contribution in [0.15, 0.2) is 29.2 Å². The van der Waals surface area contributed by atoms with Gasteiger partial charge in [-0.15, -0.1) is 0 Å². The lowest BCUT2D eigenvalue weighted by Crippen LogP contribution is -2.24. The van der Waals surface area contributed by atoms with Gasteiger partial charge in [0.25, 0.3) is 10.1 Å². The van der Waals surface area contributed by atoms with Gasteiger partial charge in [-0.3, -0.25) is 4.18 Å². The minimum Gasteiger partial charge on any atom is -0.261 e. The van der Waals surface area contributed by atoms with Crippen molar-refractivity contribution in [3.05, 3.63) is 29.8 Å². The Balaban J connectivity index is 3.08. The smallest absolute Gasteiger partial charge is 0.261 e. The lowest BCUT2D eigenvalue weighted by molar-refractivity contribution is 0.139. The molecule has 90 valence electrons. The van der Waals surface area contributed by atoms with E-state index in [9.17, 15) is 8.42 Å². The first-order valence-electron chi connectivity index (χ1n) is 5.29. The normalized spacial score (nSPS) is 12.8. The molecule has 0 N–H and O–H groups in total. The van der Waals surface area contributed by atoms with Crippen LogP contribution in [0.1, 0.15) is 33.3 Å². The molecule has 1 rings (SSSR count). The van der Waals surface area contributed by atoms with Gasteiger partial charge in [0, 0.05) is 0 Å². The largest absolute Gasteiger partial charge is 0.297 e. The van der Waals surface area contributed by atoms with Crippen molar-refractivity contribution in [3.63, 3.8) is 0 Å². The van der Waals surface area contributed by atoms with Crippen LogP contribution in [0.2, 0.25) is 0 Å². The van der Waals surface area contributed by atoms with Gasteiger partial charge in [0.1, 0.15) is 0 Å². The average Bonchev–Trinajstić information content (AvgIpc) is 2.14. The number of rotatable bonds is 3. The summed E-state index contributed by atoms with van der Waals surface area (Å²) in [5.74, 6) is 0. The molecular formula is C12H18O3S. The van der Waals surface area contributed by atoms with Gasteiger partial charge in [0.05, 0.1) is 10.5 Å². The fourth-order valence-corrected chi connectivity index (χ4v) is 2.59. The zero-order valence-electron chi connectivity index (χ0n) is 10.1. The number of hydrogen-bond donors (Lipinski definition) is 0. The first-order valence-corrected chi connectivity index (χ1v) is 6.70. The Labute approximate surface area is 97.6 Å². The Kier molecular flexibility index (Phi) is 3.76. The Morgan fingerprint density at radius 3 is 2.38 bits per heavy atom. The second-order valence-electron chi connectivity index (χ2n) is 4.65. The molecule has 0 aliphatic carbocycles. The van der Waals surface area contributed by atoms with Crippen molar-refractivity contribution in [1.82, 2.24) is 0 Å². The average molecular weight is 242 g/mol. The highest BCUT2D eigenvalue weighted by Gasteiger charge is 2.23. The van der Waals surface area contributed by atoms with E-state index in [-0.39, 0.29) is 4.90 Å². The highest BCUT2D eigenvalue weighted by atomic mass is 32.2. The van der Waals surface area contributed by atoms with Crippen molar-refractivity contribution in [2.45, 2.75) is 44.6 Å². The van der Waals surface area contributed by atoms with Gasteiger partial charge >= 0.3 is 0 Å². The van der Waals surface area contributed by atoms with Crippen LogP contribution < -0.4 is 0 Å². The van der Waals surface area contributed by atoms with Gasteiger partial charge in [-0.25, -0.2) is 0 Å². The van der Waals surface area contributed by atoms with E-state index < -0.39 is 15.7 Å². The summed E-state index contributed by atoms with van der Waals surface area (Å²) < 4.78 is 28.9. The predicted octanol–water partition coefficient (Wildman–Crippen LogP) is 2.75. The van der Waals surface area contributed by atoms with E-state index in [2.05, 4.69) is 0 Å². The van der Waals surface area contributed by atoms with E-state index in [1.54, 1.807) is 39.0 Å². The van der Waals surface area contributed by atoms with Crippen LogP contribution in [0.25, 0.3) is 0 Å². The van der Waals surface area contributed by atoms with Crippen LogP contribution in [-0.4, -0.2) is 14.0 Å². The Hall–Kier alpha value is -0.870. The molecule has 16 heavy (non-hydrogen) atoms. The highest BCUT2D eigenvalue weighted by Crippen LogP contribution is 2.20. The van der Waals surface area contributed by atoms with Gasteiger partial charge in [-0.2, -0.15) is 8.42 Å². The lowest BCUT2D eigenvalue weighted by atomic mass is 10.2. The van der Waals surface area contributed by atoms with Gasteiger partial charge in [-0.1, -0.05) is 19.1 Å². The van der Waals surface area contributed by atoms with Gasteiger partial charge in [0.2, 0.25) is 0 Å². The quantitative estimate of drug-likeness (QED) is 0.765. The maximum atomic E-state index is 11.9. The molecule has 0 fully saturated rings. The van der Waals surface area contributed by atoms with E-state index >= 15 is 0 Å². The second-order valence-corrected chi connectivity index (χ2v) is 6.20. The molecule has 3 nitrogen and oxygen atoms in total. The number of hydrogen-bond acceptors (Lipinski definition) is 3. The monoisotopic (exact) mass is 242 g/mol. The molecule has 0 bridgehead atoms. The Bertz CT molecular complexity index is 455. The van der Waals surface area contributed by atoms with Gasteiger partial charge in [0.15, 0.2) is 0 Å². The van der Waals surface area contributed by atoms with Crippen molar-refractivity contribution in [1.29, 1.82) is 0 Å². The molecule has 4 heteroatoms. The number of aryl methyl sites for hydroxylation is 1. The molecule has 1 aromatic carbocycles. The zero-order chi connectivity index (χ0) is 12.4. The molecule has 0 radical (unpaired) electrons. The fourth-order valence-electron chi connectivity index (χ4n) is 1.30. The standard InChI is InChI=1S/C12H18O3S/c1-5-10-7-6-8-11(9-10)16(13,14)15-12(2,3)4/h6-9H,5H2,1-4H3. The first kappa shape index (κ1) is 13.2. The molecule has 0 atom stereocenters. The molecule has 0 saturated carbocycles. The van der Waals surface area contributed by atoms with E-state index in [1.807, 2.05) is 13.0 Å². The third kappa shape index (κ3) is 3.61. The summed E-state index contributed by atoms with van der Waals surface area (Å²) in [6.07, 6.45) is 0.804.